The van der Waals surface area contributed by atoms with Crippen molar-refractivity contribution in [2.24, 2.45) is 0 Å². The summed E-state index contributed by atoms with van der Waals surface area (Å²) in [5.41, 5.74) is 6.56. The molecular weight excluding hydrogens is 298 g/mol. The Labute approximate surface area is 114 Å². The van der Waals surface area contributed by atoms with Crippen molar-refractivity contribution in [3.8, 4) is 0 Å². The fourth-order valence-electron chi connectivity index (χ4n) is 1.35. The summed E-state index contributed by atoms with van der Waals surface area (Å²) < 4.78 is 0.534. The van der Waals surface area contributed by atoms with E-state index in [1.54, 1.807) is 18.2 Å². The van der Waals surface area contributed by atoms with Crippen molar-refractivity contribution in [3.63, 3.8) is 0 Å². The summed E-state index contributed by atoms with van der Waals surface area (Å²) in [5, 5.41) is 5.22. The van der Waals surface area contributed by atoms with Crippen molar-refractivity contribution in [2.75, 3.05) is 12.3 Å². The van der Waals surface area contributed by atoms with Gasteiger partial charge in [-0.05, 0) is 41.9 Å². The lowest BCUT2D eigenvalue weighted by atomic mass is 10.2. The van der Waals surface area contributed by atoms with Gasteiger partial charge in [0.25, 0.3) is 5.91 Å². The molecule has 1 rings (SSSR count). The molecule has 0 atom stereocenters. The molecule has 0 bridgehead atoms. The summed E-state index contributed by atoms with van der Waals surface area (Å²) in [6.07, 6.45) is 0. The van der Waals surface area contributed by atoms with Crippen LogP contribution in [0.25, 0.3) is 0 Å². The molecule has 0 aromatic heterocycles. The van der Waals surface area contributed by atoms with Crippen LogP contribution in [0.5, 0.6) is 0 Å². The molecule has 1 aromatic rings. The number of benzene rings is 1. The molecule has 6 heteroatoms. The SMILES string of the molecule is CC(C)NC(=O)CNC(=O)c1cccc(N)c1Br. The maximum atomic E-state index is 11.8. The van der Waals surface area contributed by atoms with E-state index in [-0.39, 0.29) is 24.4 Å². The van der Waals surface area contributed by atoms with Crippen LogP contribution in [-0.4, -0.2) is 24.4 Å². The molecule has 0 saturated heterocycles. The molecule has 18 heavy (non-hydrogen) atoms. The minimum Gasteiger partial charge on any atom is -0.398 e. The Morgan fingerprint density at radius 3 is 2.67 bits per heavy atom. The molecule has 0 saturated carbocycles. The van der Waals surface area contributed by atoms with Crippen molar-refractivity contribution in [2.45, 2.75) is 19.9 Å². The van der Waals surface area contributed by atoms with Gasteiger partial charge in [0.15, 0.2) is 0 Å². The molecule has 4 N–H and O–H groups in total. The van der Waals surface area contributed by atoms with Crippen LogP contribution in [0, 0.1) is 0 Å². The van der Waals surface area contributed by atoms with Crippen LogP contribution in [0.4, 0.5) is 5.69 Å². The molecule has 0 radical (unpaired) electrons. The zero-order valence-corrected chi connectivity index (χ0v) is 11.9. The molecule has 0 heterocycles. The first-order chi connectivity index (χ1) is 8.41. The number of halogens is 1. The van der Waals surface area contributed by atoms with E-state index in [1.807, 2.05) is 13.8 Å². The van der Waals surface area contributed by atoms with Crippen LogP contribution in [0.2, 0.25) is 0 Å². The van der Waals surface area contributed by atoms with Gasteiger partial charge in [0.05, 0.1) is 16.6 Å². The lowest BCUT2D eigenvalue weighted by Crippen LogP contribution is -2.39. The fraction of sp³-hybridized carbons (Fsp3) is 0.333. The number of carbonyl (C=O) groups is 2. The minimum atomic E-state index is -0.340. The molecule has 0 aliphatic carbocycles. The Bertz CT molecular complexity index is 461. The van der Waals surface area contributed by atoms with Gasteiger partial charge in [-0.25, -0.2) is 0 Å². The van der Waals surface area contributed by atoms with Gasteiger partial charge in [0.1, 0.15) is 0 Å². The van der Waals surface area contributed by atoms with Gasteiger partial charge in [0.2, 0.25) is 5.91 Å². The van der Waals surface area contributed by atoms with Gasteiger partial charge in [0, 0.05) is 11.7 Å². The van der Waals surface area contributed by atoms with Crippen LogP contribution >= 0.6 is 15.9 Å². The molecule has 1 aromatic carbocycles. The molecule has 0 fully saturated rings. The smallest absolute Gasteiger partial charge is 0.252 e. The molecule has 0 aliphatic rings. The second-order valence-corrected chi connectivity index (χ2v) is 4.91. The first-order valence-corrected chi connectivity index (χ1v) is 6.32. The highest BCUT2D eigenvalue weighted by Crippen LogP contribution is 2.23. The highest BCUT2D eigenvalue weighted by molar-refractivity contribution is 9.10. The summed E-state index contributed by atoms with van der Waals surface area (Å²) in [5.74, 6) is -0.563. The molecular formula is C12H16BrN3O2. The minimum absolute atomic E-state index is 0.0495. The zero-order valence-electron chi connectivity index (χ0n) is 10.3. The molecule has 5 nitrogen and oxygen atoms in total. The highest BCUT2D eigenvalue weighted by Gasteiger charge is 2.12. The van der Waals surface area contributed by atoms with E-state index in [0.29, 0.717) is 15.7 Å². The Kier molecular flexibility index (Phi) is 5.15. The van der Waals surface area contributed by atoms with Gasteiger partial charge in [-0.1, -0.05) is 6.07 Å². The molecule has 98 valence electrons. The van der Waals surface area contributed by atoms with Gasteiger partial charge in [-0.3, -0.25) is 9.59 Å². The average Bonchev–Trinajstić information content (AvgIpc) is 2.29. The monoisotopic (exact) mass is 313 g/mol. The predicted octanol–water partition coefficient (Wildman–Crippen LogP) is 1.29. The van der Waals surface area contributed by atoms with Gasteiger partial charge in [-0.2, -0.15) is 0 Å². The topological polar surface area (TPSA) is 84.2 Å². The Hall–Kier alpha value is -1.56. The standard InChI is InChI=1S/C12H16BrN3O2/c1-7(2)16-10(17)6-15-12(18)8-4-3-5-9(14)11(8)13/h3-5,7H,6,14H2,1-2H3,(H,15,18)(H,16,17). The Balaban J connectivity index is 2.61. The Morgan fingerprint density at radius 1 is 1.39 bits per heavy atom. The van der Waals surface area contributed by atoms with E-state index in [9.17, 15) is 9.59 Å². The first-order valence-electron chi connectivity index (χ1n) is 5.53. The van der Waals surface area contributed by atoms with Crippen molar-refractivity contribution in [1.29, 1.82) is 0 Å². The summed E-state index contributed by atoms with van der Waals surface area (Å²) in [7, 11) is 0. The van der Waals surface area contributed by atoms with E-state index in [4.69, 9.17) is 5.73 Å². The summed E-state index contributed by atoms with van der Waals surface area (Å²) in [4.78, 5) is 23.2. The second kappa shape index (κ2) is 6.39. The van der Waals surface area contributed by atoms with Gasteiger partial charge >= 0.3 is 0 Å². The maximum absolute atomic E-state index is 11.8. The molecule has 0 aliphatic heterocycles. The highest BCUT2D eigenvalue weighted by atomic mass is 79.9. The quantitative estimate of drug-likeness (QED) is 0.732. The number of carbonyl (C=O) groups excluding carboxylic acids is 2. The van der Waals surface area contributed by atoms with Crippen molar-refractivity contribution < 1.29 is 9.59 Å². The third kappa shape index (κ3) is 4.03. The number of amides is 2. The predicted molar refractivity (Wildman–Crippen MR) is 74.2 cm³/mol. The van der Waals surface area contributed by atoms with Gasteiger partial charge < -0.3 is 16.4 Å². The Morgan fingerprint density at radius 2 is 2.06 bits per heavy atom. The third-order valence-electron chi connectivity index (χ3n) is 2.13. The number of hydrogen-bond donors (Lipinski definition) is 3. The van der Waals surface area contributed by atoms with Crippen LogP contribution in [-0.2, 0) is 4.79 Å². The van der Waals surface area contributed by atoms with Crippen LogP contribution in [0.15, 0.2) is 22.7 Å². The first kappa shape index (κ1) is 14.5. The van der Waals surface area contributed by atoms with E-state index < -0.39 is 0 Å². The van der Waals surface area contributed by atoms with E-state index in [2.05, 4.69) is 26.6 Å². The van der Waals surface area contributed by atoms with E-state index in [1.165, 1.54) is 0 Å². The van der Waals surface area contributed by atoms with Gasteiger partial charge in [-0.15, -0.1) is 0 Å². The van der Waals surface area contributed by atoms with Crippen LogP contribution < -0.4 is 16.4 Å². The number of hydrogen-bond acceptors (Lipinski definition) is 3. The second-order valence-electron chi connectivity index (χ2n) is 4.11. The molecule has 0 spiro atoms. The molecule has 2 amide bonds. The normalized spacial score (nSPS) is 10.2. The average molecular weight is 314 g/mol. The summed E-state index contributed by atoms with van der Waals surface area (Å²) in [6, 6.07) is 5.06. The maximum Gasteiger partial charge on any atom is 0.252 e. The summed E-state index contributed by atoms with van der Waals surface area (Å²) in [6.45, 7) is 3.65. The largest absolute Gasteiger partial charge is 0.398 e. The van der Waals surface area contributed by atoms with E-state index >= 15 is 0 Å². The number of rotatable bonds is 4. The van der Waals surface area contributed by atoms with Crippen LogP contribution in [0.3, 0.4) is 0 Å². The van der Waals surface area contributed by atoms with Crippen molar-refractivity contribution in [3.05, 3.63) is 28.2 Å². The van der Waals surface area contributed by atoms with E-state index in [0.717, 1.165) is 0 Å². The third-order valence-corrected chi connectivity index (χ3v) is 3.02. The zero-order chi connectivity index (χ0) is 13.7. The van der Waals surface area contributed by atoms with Crippen molar-refractivity contribution >= 4 is 33.4 Å². The number of anilines is 1. The van der Waals surface area contributed by atoms with Crippen LogP contribution in [0.1, 0.15) is 24.2 Å². The number of nitrogens with one attached hydrogen (secondary N) is 2. The molecule has 0 unspecified atom stereocenters. The fourth-order valence-corrected chi connectivity index (χ4v) is 1.80. The van der Waals surface area contributed by atoms with Crippen molar-refractivity contribution in [1.82, 2.24) is 10.6 Å². The number of nitrogens with two attached hydrogens (primary N) is 1. The lowest BCUT2D eigenvalue weighted by Gasteiger charge is -2.10. The lowest BCUT2D eigenvalue weighted by molar-refractivity contribution is -0.120. The number of nitrogen functional groups attached to an aromatic ring is 1. The summed E-state index contributed by atoms with van der Waals surface area (Å²) >= 11 is 3.24.